The topological polar surface area (TPSA) is 63.6 Å². The van der Waals surface area contributed by atoms with Crippen molar-refractivity contribution in [3.05, 3.63) is 65.3 Å². The molecule has 4 rings (SSSR count). The van der Waals surface area contributed by atoms with Crippen LogP contribution < -0.4 is 5.56 Å². The number of halogens is 1. The molecule has 0 amide bonds. The highest BCUT2D eigenvalue weighted by atomic mass is 35.5. The molecule has 110 valence electrons. The zero-order valence-electron chi connectivity index (χ0n) is 11.3. The Balaban J connectivity index is 0.00000144. The normalized spacial score (nSPS) is 10.5. The number of fused-ring (bicyclic) bond motifs is 1. The van der Waals surface area contributed by atoms with E-state index in [9.17, 15) is 4.79 Å². The standard InChI is InChI=1S/C15H10N4OS.ClH/c20-14-11(10-4-3-7-16-8-10)9-17-19(14)15-18-12-5-1-2-6-13(12)21-15;/h1-9,17H;1H. The molecule has 0 aliphatic rings. The van der Waals surface area contributed by atoms with Gasteiger partial charge >= 0.3 is 0 Å². The van der Waals surface area contributed by atoms with Gasteiger partial charge in [-0.05, 0) is 18.2 Å². The molecule has 0 fully saturated rings. The van der Waals surface area contributed by atoms with E-state index in [1.54, 1.807) is 18.6 Å². The summed E-state index contributed by atoms with van der Waals surface area (Å²) in [7, 11) is 0. The highest BCUT2D eigenvalue weighted by molar-refractivity contribution is 7.20. The van der Waals surface area contributed by atoms with Gasteiger partial charge in [-0.2, -0.15) is 4.68 Å². The number of pyridine rings is 1. The predicted molar refractivity (Wildman–Crippen MR) is 90.0 cm³/mol. The molecule has 0 spiro atoms. The zero-order chi connectivity index (χ0) is 14.2. The molecule has 4 aromatic rings. The van der Waals surface area contributed by atoms with Crippen molar-refractivity contribution in [2.24, 2.45) is 0 Å². The number of para-hydroxylation sites is 1. The van der Waals surface area contributed by atoms with Crippen LogP contribution in [0.25, 0.3) is 26.5 Å². The van der Waals surface area contributed by atoms with Crippen LogP contribution in [0.4, 0.5) is 0 Å². The molecule has 0 bridgehead atoms. The summed E-state index contributed by atoms with van der Waals surface area (Å²) >= 11 is 1.48. The second kappa shape index (κ2) is 5.75. The van der Waals surface area contributed by atoms with Crippen LogP contribution >= 0.6 is 23.7 Å². The van der Waals surface area contributed by atoms with E-state index in [0.29, 0.717) is 10.7 Å². The lowest BCUT2D eigenvalue weighted by atomic mass is 10.2. The highest BCUT2D eigenvalue weighted by Crippen LogP contribution is 2.24. The lowest BCUT2D eigenvalue weighted by molar-refractivity contribution is 0.843. The first-order chi connectivity index (χ1) is 10.3. The first-order valence-electron chi connectivity index (χ1n) is 6.40. The summed E-state index contributed by atoms with van der Waals surface area (Å²) in [6.45, 7) is 0. The van der Waals surface area contributed by atoms with E-state index in [4.69, 9.17) is 0 Å². The van der Waals surface area contributed by atoms with E-state index >= 15 is 0 Å². The van der Waals surface area contributed by atoms with Crippen LogP contribution in [0.15, 0.2) is 59.8 Å². The van der Waals surface area contributed by atoms with Crippen molar-refractivity contribution in [3.63, 3.8) is 0 Å². The maximum atomic E-state index is 12.5. The molecule has 0 aliphatic carbocycles. The van der Waals surface area contributed by atoms with Crippen molar-refractivity contribution < 1.29 is 0 Å². The second-order valence-electron chi connectivity index (χ2n) is 4.53. The van der Waals surface area contributed by atoms with Gasteiger partial charge < -0.3 is 0 Å². The Kier molecular flexibility index (Phi) is 3.79. The maximum Gasteiger partial charge on any atom is 0.281 e. The van der Waals surface area contributed by atoms with Crippen molar-refractivity contribution in [3.8, 4) is 16.3 Å². The minimum Gasteiger partial charge on any atom is -0.295 e. The second-order valence-corrected chi connectivity index (χ2v) is 5.54. The van der Waals surface area contributed by atoms with Crippen LogP contribution in [0.3, 0.4) is 0 Å². The average Bonchev–Trinajstić information content (AvgIpc) is 3.11. The Hall–Kier alpha value is -2.44. The fourth-order valence-corrected chi connectivity index (χ4v) is 3.13. The zero-order valence-corrected chi connectivity index (χ0v) is 12.9. The summed E-state index contributed by atoms with van der Waals surface area (Å²) in [5.41, 5.74) is 2.14. The molecule has 0 radical (unpaired) electrons. The van der Waals surface area contributed by atoms with E-state index in [-0.39, 0.29) is 18.0 Å². The number of rotatable bonds is 2. The maximum absolute atomic E-state index is 12.5. The van der Waals surface area contributed by atoms with Gasteiger partial charge in [0.2, 0.25) is 5.13 Å². The van der Waals surface area contributed by atoms with Crippen molar-refractivity contribution in [1.29, 1.82) is 0 Å². The van der Waals surface area contributed by atoms with E-state index < -0.39 is 0 Å². The highest BCUT2D eigenvalue weighted by Gasteiger charge is 2.13. The van der Waals surface area contributed by atoms with E-state index in [0.717, 1.165) is 15.8 Å². The Morgan fingerprint density at radius 1 is 1.14 bits per heavy atom. The van der Waals surface area contributed by atoms with Gasteiger partial charge in [0.25, 0.3) is 5.56 Å². The van der Waals surface area contributed by atoms with Crippen LogP contribution in [0.2, 0.25) is 0 Å². The van der Waals surface area contributed by atoms with Gasteiger partial charge in [0.05, 0.1) is 15.8 Å². The summed E-state index contributed by atoms with van der Waals surface area (Å²) in [5, 5.41) is 3.61. The quantitative estimate of drug-likeness (QED) is 0.613. The molecule has 0 saturated heterocycles. The van der Waals surface area contributed by atoms with Gasteiger partial charge in [-0.3, -0.25) is 14.9 Å². The van der Waals surface area contributed by atoms with Gasteiger partial charge in [0.15, 0.2) is 0 Å². The monoisotopic (exact) mass is 330 g/mol. The average molecular weight is 331 g/mol. The molecule has 3 heterocycles. The van der Waals surface area contributed by atoms with Gasteiger partial charge in [0.1, 0.15) is 0 Å². The van der Waals surface area contributed by atoms with Crippen molar-refractivity contribution in [2.75, 3.05) is 0 Å². The SMILES string of the molecule is Cl.O=c1c(-c2cccnc2)c[nH]n1-c1nc2ccccc2s1. The van der Waals surface area contributed by atoms with Crippen LogP contribution in [-0.4, -0.2) is 19.7 Å². The van der Waals surface area contributed by atoms with Crippen LogP contribution in [0.1, 0.15) is 0 Å². The van der Waals surface area contributed by atoms with E-state index in [2.05, 4.69) is 15.1 Å². The van der Waals surface area contributed by atoms with Crippen molar-refractivity contribution >= 4 is 34.0 Å². The Morgan fingerprint density at radius 2 is 2.00 bits per heavy atom. The van der Waals surface area contributed by atoms with Gasteiger partial charge in [-0.25, -0.2) is 4.98 Å². The van der Waals surface area contributed by atoms with E-state index in [1.807, 2.05) is 36.4 Å². The molecule has 22 heavy (non-hydrogen) atoms. The van der Waals surface area contributed by atoms with Crippen LogP contribution in [-0.2, 0) is 0 Å². The summed E-state index contributed by atoms with van der Waals surface area (Å²) in [6.07, 6.45) is 5.04. The minimum atomic E-state index is -0.123. The molecule has 0 atom stereocenters. The summed E-state index contributed by atoms with van der Waals surface area (Å²) in [4.78, 5) is 21.0. The first kappa shape index (κ1) is 14.5. The number of hydrogen-bond donors (Lipinski definition) is 1. The number of H-pyrrole nitrogens is 1. The molecule has 0 saturated carbocycles. The fraction of sp³-hybridized carbons (Fsp3) is 0. The lowest BCUT2D eigenvalue weighted by Gasteiger charge is -1.94. The number of nitrogens with zero attached hydrogens (tertiary/aromatic N) is 3. The number of aromatic nitrogens is 4. The number of aromatic amines is 1. The molecule has 0 aliphatic heterocycles. The van der Waals surface area contributed by atoms with E-state index in [1.165, 1.54) is 16.0 Å². The smallest absolute Gasteiger partial charge is 0.281 e. The summed E-state index contributed by atoms with van der Waals surface area (Å²) < 4.78 is 2.52. The molecule has 7 heteroatoms. The Bertz CT molecular complexity index is 941. The minimum absolute atomic E-state index is 0. The summed E-state index contributed by atoms with van der Waals surface area (Å²) in [5.74, 6) is 0. The third kappa shape index (κ3) is 2.32. The molecule has 0 unspecified atom stereocenters. The molecule has 1 N–H and O–H groups in total. The molecule has 5 nitrogen and oxygen atoms in total. The van der Waals surface area contributed by atoms with Gasteiger partial charge in [0, 0.05) is 24.2 Å². The predicted octanol–water partition coefficient (Wildman–Crippen LogP) is 3.26. The largest absolute Gasteiger partial charge is 0.295 e. The lowest BCUT2D eigenvalue weighted by Crippen LogP contribution is -2.15. The van der Waals surface area contributed by atoms with Crippen LogP contribution in [0, 0.1) is 0 Å². The first-order valence-corrected chi connectivity index (χ1v) is 7.21. The molecule has 1 aromatic carbocycles. The number of hydrogen-bond acceptors (Lipinski definition) is 4. The van der Waals surface area contributed by atoms with Crippen LogP contribution in [0.5, 0.6) is 0 Å². The number of nitrogens with one attached hydrogen (secondary N) is 1. The van der Waals surface area contributed by atoms with Gasteiger partial charge in [-0.1, -0.05) is 29.5 Å². The molecular weight excluding hydrogens is 320 g/mol. The van der Waals surface area contributed by atoms with Gasteiger partial charge in [-0.15, -0.1) is 12.4 Å². The van der Waals surface area contributed by atoms with Crippen molar-refractivity contribution in [1.82, 2.24) is 19.7 Å². The Labute approximate surface area is 135 Å². The number of thiazole rings is 1. The molecule has 3 aromatic heterocycles. The summed E-state index contributed by atoms with van der Waals surface area (Å²) in [6, 6.07) is 11.5. The number of benzene rings is 1. The Morgan fingerprint density at radius 3 is 2.77 bits per heavy atom. The molecular formula is C15H11ClN4OS. The third-order valence-corrected chi connectivity index (χ3v) is 4.24. The fourth-order valence-electron chi connectivity index (χ4n) is 2.20. The third-order valence-electron chi connectivity index (χ3n) is 3.22. The van der Waals surface area contributed by atoms with Crippen molar-refractivity contribution in [2.45, 2.75) is 0 Å².